The van der Waals surface area contributed by atoms with Gasteiger partial charge in [0.15, 0.2) is 0 Å². The van der Waals surface area contributed by atoms with Crippen LogP contribution in [0.3, 0.4) is 0 Å². The molecular formula is C35H35N3O7S. The van der Waals surface area contributed by atoms with E-state index in [2.05, 4.69) is 16.0 Å². The Morgan fingerprint density at radius 1 is 0.717 bits per heavy atom. The van der Waals surface area contributed by atoms with Gasteiger partial charge in [0.1, 0.15) is 28.7 Å². The molecule has 0 aliphatic carbocycles. The summed E-state index contributed by atoms with van der Waals surface area (Å²) in [6, 6.07) is 25.9. The Bertz CT molecular complexity index is 1710. The molecule has 10 nitrogen and oxygen atoms in total. The van der Waals surface area contributed by atoms with Gasteiger partial charge in [-0.05, 0) is 79.7 Å². The van der Waals surface area contributed by atoms with E-state index >= 15 is 0 Å². The summed E-state index contributed by atoms with van der Waals surface area (Å²) in [6.45, 7) is 1.80. The highest BCUT2D eigenvalue weighted by Crippen LogP contribution is 2.31. The summed E-state index contributed by atoms with van der Waals surface area (Å²) < 4.78 is 21.4. The number of amides is 3. The van der Waals surface area contributed by atoms with Gasteiger partial charge in [-0.25, -0.2) is 0 Å². The highest BCUT2D eigenvalue weighted by atomic mass is 32.2. The first kappa shape index (κ1) is 33.5. The third-order valence-electron chi connectivity index (χ3n) is 6.73. The fourth-order valence-corrected chi connectivity index (χ4v) is 5.13. The number of rotatable bonds is 13. The molecule has 0 radical (unpaired) electrons. The normalized spacial score (nSPS) is 11.5. The van der Waals surface area contributed by atoms with Crippen LogP contribution in [0.1, 0.15) is 22.8 Å². The zero-order chi connectivity index (χ0) is 33.1. The molecule has 0 aliphatic heterocycles. The molecule has 1 unspecified atom stereocenters. The van der Waals surface area contributed by atoms with E-state index in [0.29, 0.717) is 45.5 Å². The number of carbonyl (C=O) groups is 3. The smallest absolute Gasteiger partial charge is 0.272 e. The van der Waals surface area contributed by atoms with Gasteiger partial charge in [-0.2, -0.15) is 0 Å². The molecule has 0 saturated heterocycles. The molecule has 0 bridgehead atoms. The first-order chi connectivity index (χ1) is 22.2. The largest absolute Gasteiger partial charge is 0.497 e. The summed E-state index contributed by atoms with van der Waals surface area (Å²) in [5, 5.41) is 8.01. The van der Waals surface area contributed by atoms with Crippen molar-refractivity contribution in [1.82, 2.24) is 5.32 Å². The van der Waals surface area contributed by atoms with E-state index in [1.165, 1.54) is 39.2 Å². The Hall–Kier alpha value is -5.42. The summed E-state index contributed by atoms with van der Waals surface area (Å²) in [5.41, 5.74) is 1.95. The molecule has 4 aromatic carbocycles. The first-order valence-corrected chi connectivity index (χ1v) is 15.0. The van der Waals surface area contributed by atoms with Crippen LogP contribution in [0.5, 0.6) is 23.0 Å². The van der Waals surface area contributed by atoms with E-state index in [1.54, 1.807) is 105 Å². The van der Waals surface area contributed by atoms with Crippen molar-refractivity contribution >= 4 is 46.9 Å². The van der Waals surface area contributed by atoms with Crippen LogP contribution in [0.4, 0.5) is 11.4 Å². The molecule has 0 aliphatic rings. The lowest BCUT2D eigenvalue weighted by Crippen LogP contribution is -2.30. The van der Waals surface area contributed by atoms with Crippen molar-refractivity contribution in [3.05, 3.63) is 108 Å². The fourth-order valence-electron chi connectivity index (χ4n) is 4.26. The van der Waals surface area contributed by atoms with Crippen molar-refractivity contribution in [2.45, 2.75) is 17.1 Å². The van der Waals surface area contributed by atoms with Gasteiger partial charge in [0.2, 0.25) is 5.91 Å². The Morgan fingerprint density at radius 3 is 2.02 bits per heavy atom. The van der Waals surface area contributed by atoms with Crippen LogP contribution in [0.2, 0.25) is 0 Å². The topological polar surface area (TPSA) is 124 Å². The van der Waals surface area contributed by atoms with Crippen LogP contribution in [-0.4, -0.2) is 51.4 Å². The molecule has 0 spiro atoms. The standard InChI is InChI=1S/C35H35N3O7S/c1-22(33(39)37-29-17-13-27(43-3)21-32(29)45-5)46-28-15-11-25(12-16-28)36-35(41)30(38-34(40)23-9-7-6-8-10-23)20-24-19-26(42-2)14-18-31(24)44-4/h6-22H,1-5H3,(H,36,41)(H,37,39)(H,38,40)/b30-20-. The number of methoxy groups -OCH3 is 4. The molecule has 238 valence electrons. The molecule has 0 aromatic heterocycles. The maximum absolute atomic E-state index is 13.5. The summed E-state index contributed by atoms with van der Waals surface area (Å²) >= 11 is 1.36. The molecule has 3 N–H and O–H groups in total. The number of thioether (sulfide) groups is 1. The van der Waals surface area contributed by atoms with Gasteiger partial charge < -0.3 is 34.9 Å². The number of carbonyl (C=O) groups excluding carboxylic acids is 3. The summed E-state index contributed by atoms with van der Waals surface area (Å²) in [4.78, 5) is 40.3. The van der Waals surface area contributed by atoms with Crippen LogP contribution >= 0.6 is 11.8 Å². The lowest BCUT2D eigenvalue weighted by Gasteiger charge is -2.15. The van der Waals surface area contributed by atoms with E-state index in [1.807, 2.05) is 0 Å². The van der Waals surface area contributed by atoms with Crippen molar-refractivity contribution in [3.8, 4) is 23.0 Å². The van der Waals surface area contributed by atoms with Gasteiger partial charge >= 0.3 is 0 Å². The summed E-state index contributed by atoms with van der Waals surface area (Å²) in [6.07, 6.45) is 1.53. The van der Waals surface area contributed by atoms with E-state index in [9.17, 15) is 14.4 Å². The predicted molar refractivity (Wildman–Crippen MR) is 180 cm³/mol. The molecular weight excluding hydrogens is 606 g/mol. The van der Waals surface area contributed by atoms with Crippen molar-refractivity contribution in [3.63, 3.8) is 0 Å². The van der Waals surface area contributed by atoms with Crippen LogP contribution in [-0.2, 0) is 9.59 Å². The minimum Gasteiger partial charge on any atom is -0.497 e. The van der Waals surface area contributed by atoms with Gasteiger partial charge in [0, 0.05) is 27.8 Å². The summed E-state index contributed by atoms with van der Waals surface area (Å²) in [5.74, 6) is 0.952. The third kappa shape index (κ3) is 8.82. The predicted octanol–water partition coefficient (Wildman–Crippen LogP) is 6.25. The zero-order valence-corrected chi connectivity index (χ0v) is 26.9. The van der Waals surface area contributed by atoms with E-state index < -0.39 is 17.1 Å². The first-order valence-electron chi connectivity index (χ1n) is 14.2. The highest BCUT2D eigenvalue weighted by Gasteiger charge is 2.19. The Kier molecular flexibility index (Phi) is 11.7. The molecule has 11 heteroatoms. The molecule has 4 aromatic rings. The minimum absolute atomic E-state index is 0.00175. The lowest BCUT2D eigenvalue weighted by atomic mass is 10.1. The fraction of sp³-hybridized carbons (Fsp3) is 0.171. The van der Waals surface area contributed by atoms with Gasteiger partial charge in [-0.3, -0.25) is 14.4 Å². The van der Waals surface area contributed by atoms with E-state index in [0.717, 1.165) is 4.90 Å². The van der Waals surface area contributed by atoms with E-state index in [-0.39, 0.29) is 11.6 Å². The highest BCUT2D eigenvalue weighted by molar-refractivity contribution is 8.00. The Balaban J connectivity index is 1.48. The maximum Gasteiger partial charge on any atom is 0.272 e. The summed E-state index contributed by atoms with van der Waals surface area (Å²) in [7, 11) is 6.13. The molecule has 46 heavy (non-hydrogen) atoms. The Labute approximate surface area is 272 Å². The molecule has 4 rings (SSSR count). The third-order valence-corrected chi connectivity index (χ3v) is 7.84. The second kappa shape index (κ2) is 16.1. The van der Waals surface area contributed by atoms with Crippen LogP contribution in [0, 0.1) is 0 Å². The average molecular weight is 642 g/mol. The maximum atomic E-state index is 13.5. The van der Waals surface area contributed by atoms with Crippen molar-refractivity contribution in [2.24, 2.45) is 0 Å². The van der Waals surface area contributed by atoms with Crippen LogP contribution < -0.4 is 34.9 Å². The molecule has 1 atom stereocenters. The SMILES string of the molecule is COc1ccc(OC)c(/C=C(\NC(=O)c2ccccc2)C(=O)Nc2ccc(SC(C)C(=O)Nc3ccc(OC)cc3OC)cc2)c1. The number of hydrogen-bond donors (Lipinski definition) is 3. The molecule has 0 heterocycles. The number of benzene rings is 4. The van der Waals surface area contributed by atoms with E-state index in [4.69, 9.17) is 18.9 Å². The van der Waals surface area contributed by atoms with Crippen molar-refractivity contribution in [1.29, 1.82) is 0 Å². The van der Waals surface area contributed by atoms with Gasteiger partial charge in [-0.1, -0.05) is 18.2 Å². The number of ether oxygens (including phenoxy) is 4. The lowest BCUT2D eigenvalue weighted by molar-refractivity contribution is -0.115. The van der Waals surface area contributed by atoms with Crippen molar-refractivity contribution in [2.75, 3.05) is 39.1 Å². The van der Waals surface area contributed by atoms with Gasteiger partial charge in [0.05, 0.1) is 39.4 Å². The zero-order valence-electron chi connectivity index (χ0n) is 26.1. The second-order valence-corrected chi connectivity index (χ2v) is 11.2. The molecule has 0 fully saturated rings. The van der Waals surface area contributed by atoms with Crippen LogP contribution in [0.25, 0.3) is 6.08 Å². The molecule has 3 amide bonds. The number of hydrogen-bond acceptors (Lipinski definition) is 8. The quantitative estimate of drug-likeness (QED) is 0.116. The number of nitrogens with one attached hydrogen (secondary N) is 3. The second-order valence-electron chi connectivity index (χ2n) is 9.78. The Morgan fingerprint density at radius 2 is 1.37 bits per heavy atom. The average Bonchev–Trinajstić information content (AvgIpc) is 3.09. The van der Waals surface area contributed by atoms with Crippen molar-refractivity contribution < 1.29 is 33.3 Å². The molecule has 0 saturated carbocycles. The van der Waals surface area contributed by atoms with Gasteiger partial charge in [0.25, 0.3) is 11.8 Å². The minimum atomic E-state index is -0.546. The number of anilines is 2. The van der Waals surface area contributed by atoms with Crippen LogP contribution in [0.15, 0.2) is 102 Å². The van der Waals surface area contributed by atoms with Gasteiger partial charge in [-0.15, -0.1) is 11.8 Å². The monoisotopic (exact) mass is 641 g/mol.